The van der Waals surface area contributed by atoms with Gasteiger partial charge in [-0.05, 0) is 24.3 Å². The van der Waals surface area contributed by atoms with E-state index in [2.05, 4.69) is 19.9 Å². The largest absolute Gasteiger partial charge is 0.382 e. The number of pyridine rings is 1. The van der Waals surface area contributed by atoms with Crippen molar-refractivity contribution in [1.29, 1.82) is 0 Å². The lowest BCUT2D eigenvalue weighted by molar-refractivity contribution is 0.763. The Morgan fingerprint density at radius 1 is 1.00 bits per heavy atom. The van der Waals surface area contributed by atoms with Gasteiger partial charge in [0.2, 0.25) is 0 Å². The van der Waals surface area contributed by atoms with E-state index in [4.69, 9.17) is 28.9 Å². The third-order valence-corrected chi connectivity index (χ3v) is 4.53. The zero-order chi connectivity index (χ0) is 17.4. The molecule has 0 fully saturated rings. The van der Waals surface area contributed by atoms with Gasteiger partial charge in [0.1, 0.15) is 0 Å². The van der Waals surface area contributed by atoms with E-state index in [1.54, 1.807) is 36.9 Å². The van der Waals surface area contributed by atoms with E-state index in [1.165, 1.54) is 0 Å². The van der Waals surface area contributed by atoms with Crippen molar-refractivity contribution in [3.63, 3.8) is 0 Å². The summed E-state index contributed by atoms with van der Waals surface area (Å²) in [5.41, 5.74) is 8.16. The summed E-state index contributed by atoms with van der Waals surface area (Å²) in [6, 6.07) is 9.08. The highest BCUT2D eigenvalue weighted by molar-refractivity contribution is 6.35. The quantitative estimate of drug-likeness (QED) is 0.593. The van der Waals surface area contributed by atoms with Gasteiger partial charge >= 0.3 is 0 Å². The van der Waals surface area contributed by atoms with Crippen molar-refractivity contribution in [3.8, 4) is 22.9 Å². The summed E-state index contributed by atoms with van der Waals surface area (Å²) in [5.74, 6) is 1.51. The van der Waals surface area contributed by atoms with Gasteiger partial charge < -0.3 is 10.3 Å². The van der Waals surface area contributed by atoms with Crippen molar-refractivity contribution in [3.05, 3.63) is 64.7 Å². The van der Waals surface area contributed by atoms with Crippen LogP contribution in [-0.2, 0) is 6.54 Å². The van der Waals surface area contributed by atoms with Crippen LogP contribution in [0.15, 0.2) is 49.1 Å². The number of rotatable bonds is 3. The van der Waals surface area contributed by atoms with Crippen LogP contribution in [-0.4, -0.2) is 24.5 Å². The molecule has 3 heterocycles. The van der Waals surface area contributed by atoms with Crippen molar-refractivity contribution in [2.45, 2.75) is 6.54 Å². The zero-order valence-corrected chi connectivity index (χ0v) is 14.4. The second-order valence-electron chi connectivity index (χ2n) is 5.41. The Kier molecular flexibility index (Phi) is 3.99. The molecule has 0 aliphatic carbocycles. The first kappa shape index (κ1) is 15.8. The van der Waals surface area contributed by atoms with E-state index in [0.29, 0.717) is 39.8 Å². The molecule has 4 rings (SSSR count). The van der Waals surface area contributed by atoms with Crippen molar-refractivity contribution >= 4 is 29.0 Å². The van der Waals surface area contributed by atoms with Gasteiger partial charge in [-0.3, -0.25) is 4.98 Å². The van der Waals surface area contributed by atoms with Crippen molar-refractivity contribution in [1.82, 2.24) is 24.5 Å². The monoisotopic (exact) mass is 370 g/mol. The minimum absolute atomic E-state index is 0.323. The summed E-state index contributed by atoms with van der Waals surface area (Å²) < 4.78 is 1.83. The van der Waals surface area contributed by atoms with Crippen LogP contribution in [0.25, 0.3) is 22.9 Å². The third-order valence-electron chi connectivity index (χ3n) is 3.82. The predicted molar refractivity (Wildman–Crippen MR) is 97.6 cm³/mol. The van der Waals surface area contributed by atoms with Gasteiger partial charge in [0.15, 0.2) is 23.2 Å². The van der Waals surface area contributed by atoms with Crippen LogP contribution in [0.2, 0.25) is 10.0 Å². The molecule has 0 radical (unpaired) electrons. The van der Waals surface area contributed by atoms with Gasteiger partial charge in [-0.2, -0.15) is 0 Å². The molecular formula is C17H12Cl2N6. The first-order valence-electron chi connectivity index (χ1n) is 7.45. The number of aromatic nitrogens is 5. The first-order chi connectivity index (χ1) is 12.1. The molecule has 1 aromatic heterocycles. The highest BCUT2D eigenvalue weighted by atomic mass is 35.5. The third kappa shape index (κ3) is 2.90. The minimum Gasteiger partial charge on any atom is -0.382 e. The van der Waals surface area contributed by atoms with Crippen LogP contribution in [0, 0.1) is 0 Å². The number of nitrogens with two attached hydrogens (primary N) is 1. The van der Waals surface area contributed by atoms with Crippen LogP contribution in [0.4, 0.5) is 5.82 Å². The number of benzene rings is 1. The summed E-state index contributed by atoms with van der Waals surface area (Å²) in [5, 5.41) is 1.16. The van der Waals surface area contributed by atoms with Gasteiger partial charge in [0.05, 0.1) is 12.9 Å². The molecule has 2 aromatic rings. The number of nitrogens with zero attached hydrogens (tertiary/aromatic N) is 5. The van der Waals surface area contributed by atoms with Crippen LogP contribution in [0.1, 0.15) is 5.56 Å². The molecule has 1 aromatic carbocycles. The molecule has 124 valence electrons. The van der Waals surface area contributed by atoms with E-state index in [1.807, 2.05) is 16.7 Å². The molecule has 2 aliphatic heterocycles. The predicted octanol–water partition coefficient (Wildman–Crippen LogP) is 3.78. The normalized spacial score (nSPS) is 11.1. The molecule has 0 saturated carbocycles. The Bertz CT molecular complexity index is 995. The SMILES string of the molecule is Nc1ncn(Cc2c(Cl)cccc2Cl)c2nc(-c3ccncc3)nc1-2. The first-order valence-corrected chi connectivity index (χ1v) is 8.20. The summed E-state index contributed by atoms with van der Waals surface area (Å²) >= 11 is 12.6. The lowest BCUT2D eigenvalue weighted by atomic mass is 10.2. The average Bonchev–Trinajstić information content (AvgIpc) is 3.07. The van der Waals surface area contributed by atoms with Crippen LogP contribution in [0.3, 0.4) is 0 Å². The highest BCUT2D eigenvalue weighted by Gasteiger charge is 2.20. The average molecular weight is 371 g/mol. The van der Waals surface area contributed by atoms with Gasteiger partial charge in [-0.25, -0.2) is 15.0 Å². The van der Waals surface area contributed by atoms with E-state index >= 15 is 0 Å². The maximum absolute atomic E-state index is 6.28. The number of anilines is 1. The van der Waals surface area contributed by atoms with Crippen molar-refractivity contribution in [2.75, 3.05) is 5.73 Å². The molecule has 0 bridgehead atoms. The lowest BCUT2D eigenvalue weighted by Crippen LogP contribution is -2.09. The Morgan fingerprint density at radius 3 is 2.44 bits per heavy atom. The van der Waals surface area contributed by atoms with Gasteiger partial charge in [0.25, 0.3) is 0 Å². The van der Waals surface area contributed by atoms with Crippen molar-refractivity contribution in [2.24, 2.45) is 0 Å². The van der Waals surface area contributed by atoms with Crippen LogP contribution >= 0.6 is 23.2 Å². The fourth-order valence-corrected chi connectivity index (χ4v) is 3.07. The minimum atomic E-state index is 0.323. The van der Waals surface area contributed by atoms with Crippen LogP contribution in [0.5, 0.6) is 0 Å². The molecule has 25 heavy (non-hydrogen) atoms. The topological polar surface area (TPSA) is 82.5 Å². The van der Waals surface area contributed by atoms with Gasteiger partial charge in [-0.1, -0.05) is 29.3 Å². The second kappa shape index (κ2) is 6.31. The standard InChI is InChI=1S/C17H12Cl2N6/c18-12-2-1-3-13(19)11(12)8-25-9-22-15(20)14-17(25)24-16(23-14)10-4-6-21-7-5-10/h1-7,9H,8,20H2. The second-order valence-corrected chi connectivity index (χ2v) is 6.23. The van der Waals surface area contributed by atoms with Crippen molar-refractivity contribution < 1.29 is 0 Å². The van der Waals surface area contributed by atoms with E-state index in [9.17, 15) is 0 Å². The Labute approximate surface area is 153 Å². The smallest absolute Gasteiger partial charge is 0.166 e. The molecule has 8 heteroatoms. The molecule has 0 atom stereocenters. The Morgan fingerprint density at radius 2 is 1.72 bits per heavy atom. The molecule has 0 spiro atoms. The lowest BCUT2D eigenvalue weighted by Gasteiger charge is -2.13. The molecule has 0 unspecified atom stereocenters. The fourth-order valence-electron chi connectivity index (χ4n) is 2.55. The summed E-state index contributed by atoms with van der Waals surface area (Å²) in [6.45, 7) is 0.413. The zero-order valence-electron chi connectivity index (χ0n) is 12.9. The van der Waals surface area contributed by atoms with Crippen LogP contribution < -0.4 is 5.73 Å². The van der Waals surface area contributed by atoms with E-state index < -0.39 is 0 Å². The molecule has 0 saturated heterocycles. The maximum Gasteiger partial charge on any atom is 0.166 e. The highest BCUT2D eigenvalue weighted by Crippen LogP contribution is 2.30. The molecule has 2 N–H and O–H groups in total. The number of fused-ring (bicyclic) bond motifs is 1. The molecule has 6 nitrogen and oxygen atoms in total. The van der Waals surface area contributed by atoms with Gasteiger partial charge in [0, 0.05) is 33.6 Å². The number of hydrogen-bond donors (Lipinski definition) is 1. The fraction of sp³-hybridized carbons (Fsp3) is 0.0588. The number of hydrogen-bond acceptors (Lipinski definition) is 5. The molecule has 0 amide bonds. The molecule has 2 aliphatic rings. The number of halogens is 2. The summed E-state index contributed by atoms with van der Waals surface area (Å²) in [4.78, 5) is 17.4. The Balaban J connectivity index is 1.83. The summed E-state index contributed by atoms with van der Waals surface area (Å²) in [7, 11) is 0. The Hall–Kier alpha value is -2.70. The number of nitrogen functional groups attached to an aromatic ring is 1. The summed E-state index contributed by atoms with van der Waals surface area (Å²) in [6.07, 6.45) is 4.99. The van der Waals surface area contributed by atoms with E-state index in [-0.39, 0.29) is 0 Å². The van der Waals surface area contributed by atoms with Gasteiger partial charge in [-0.15, -0.1) is 0 Å². The maximum atomic E-state index is 6.28. The van der Waals surface area contributed by atoms with E-state index in [0.717, 1.165) is 11.1 Å². The number of imidazole rings is 1. The molecular weight excluding hydrogens is 359 g/mol.